The summed E-state index contributed by atoms with van der Waals surface area (Å²) < 4.78 is 19.3. The third-order valence-corrected chi connectivity index (χ3v) is 3.70. The fourth-order valence-electron chi connectivity index (χ4n) is 2.34. The van der Waals surface area contributed by atoms with Gasteiger partial charge in [-0.1, -0.05) is 29.8 Å². The summed E-state index contributed by atoms with van der Waals surface area (Å²) in [6.45, 7) is 2.00. The first kappa shape index (κ1) is 17.3. The molecule has 1 heterocycles. The highest BCUT2D eigenvalue weighted by Gasteiger charge is 2.11. The molecule has 0 radical (unpaired) electrons. The molecule has 0 aliphatic rings. The van der Waals surface area contributed by atoms with Gasteiger partial charge in [-0.25, -0.2) is 19.3 Å². The molecule has 7 heteroatoms. The lowest BCUT2D eigenvalue weighted by atomic mass is 10.1. The number of carbonyl (C=O) groups excluding carboxylic acids is 1. The molecule has 3 aromatic rings. The average molecular weight is 352 g/mol. The lowest BCUT2D eigenvalue weighted by Gasteiger charge is -2.01. The van der Waals surface area contributed by atoms with Crippen molar-refractivity contribution in [1.29, 1.82) is 0 Å². The van der Waals surface area contributed by atoms with Crippen LogP contribution < -0.4 is 5.43 Å². The molecule has 0 fully saturated rings. The van der Waals surface area contributed by atoms with Gasteiger partial charge in [0.1, 0.15) is 11.5 Å². The number of nitrogens with one attached hydrogen (secondary N) is 1. The van der Waals surface area contributed by atoms with E-state index in [4.69, 9.17) is 0 Å². The van der Waals surface area contributed by atoms with Crippen molar-refractivity contribution in [2.24, 2.45) is 5.10 Å². The summed E-state index contributed by atoms with van der Waals surface area (Å²) in [5.41, 5.74) is 6.36. The average Bonchev–Trinajstić information content (AvgIpc) is 3.07. The van der Waals surface area contributed by atoms with E-state index in [9.17, 15) is 9.18 Å². The number of hydrogen-bond donors (Lipinski definition) is 1. The van der Waals surface area contributed by atoms with E-state index in [1.54, 1.807) is 23.0 Å². The number of hydrogen-bond acceptors (Lipinski definition) is 4. The van der Waals surface area contributed by atoms with Gasteiger partial charge in [-0.2, -0.15) is 10.2 Å². The molecule has 0 aliphatic heterocycles. The van der Waals surface area contributed by atoms with Crippen LogP contribution in [0, 0.1) is 12.7 Å². The van der Waals surface area contributed by atoms with Gasteiger partial charge in [0.05, 0.1) is 19.0 Å². The third-order valence-electron chi connectivity index (χ3n) is 3.70. The van der Waals surface area contributed by atoms with Crippen molar-refractivity contribution in [3.8, 4) is 16.9 Å². The van der Waals surface area contributed by atoms with Gasteiger partial charge in [0.15, 0.2) is 0 Å². The van der Waals surface area contributed by atoms with Crippen molar-refractivity contribution in [3.05, 3.63) is 71.7 Å². The zero-order valence-electron chi connectivity index (χ0n) is 14.3. The highest BCUT2D eigenvalue weighted by atomic mass is 19.1. The topological polar surface area (TPSA) is 68.5 Å². The maximum Gasteiger partial charge on any atom is 0.427 e. The fraction of sp³-hybridized carbons (Fsp3) is 0.105. The smallest absolute Gasteiger partial charge is 0.427 e. The fourth-order valence-corrected chi connectivity index (χ4v) is 2.34. The van der Waals surface area contributed by atoms with E-state index >= 15 is 0 Å². The van der Waals surface area contributed by atoms with E-state index in [0.717, 1.165) is 11.1 Å². The summed E-state index contributed by atoms with van der Waals surface area (Å²) in [7, 11) is 1.26. The van der Waals surface area contributed by atoms with Crippen molar-refractivity contribution in [3.63, 3.8) is 0 Å². The Hall–Kier alpha value is -3.48. The molecular formula is C19H17FN4O2. The lowest BCUT2D eigenvalue weighted by Crippen LogP contribution is -2.16. The zero-order chi connectivity index (χ0) is 18.5. The quantitative estimate of drug-likeness (QED) is 0.575. The van der Waals surface area contributed by atoms with Crippen LogP contribution in [-0.4, -0.2) is 29.2 Å². The minimum atomic E-state index is -0.663. The van der Waals surface area contributed by atoms with Crippen molar-refractivity contribution < 1.29 is 13.9 Å². The maximum atomic E-state index is 13.2. The SMILES string of the molecule is COC(=O)N/N=C\c1cn(-c2ccc(F)cc2)nc1-c1ccc(C)cc1. The molecule has 0 aliphatic carbocycles. The number of halogens is 1. The van der Waals surface area contributed by atoms with E-state index in [1.165, 1.54) is 25.5 Å². The maximum absolute atomic E-state index is 13.2. The van der Waals surface area contributed by atoms with Crippen molar-refractivity contribution in [2.45, 2.75) is 6.92 Å². The van der Waals surface area contributed by atoms with Crippen LogP contribution in [0.2, 0.25) is 0 Å². The number of benzene rings is 2. The van der Waals surface area contributed by atoms with E-state index in [1.807, 2.05) is 31.2 Å². The van der Waals surface area contributed by atoms with Gasteiger partial charge < -0.3 is 4.74 Å². The summed E-state index contributed by atoms with van der Waals surface area (Å²) in [4.78, 5) is 11.1. The van der Waals surface area contributed by atoms with E-state index in [2.05, 4.69) is 20.4 Å². The lowest BCUT2D eigenvalue weighted by molar-refractivity contribution is 0.171. The number of ether oxygens (including phenoxy) is 1. The molecule has 0 saturated carbocycles. The van der Waals surface area contributed by atoms with Gasteiger partial charge in [-0.15, -0.1) is 0 Å². The Balaban J connectivity index is 2.00. The zero-order valence-corrected chi connectivity index (χ0v) is 14.3. The summed E-state index contributed by atoms with van der Waals surface area (Å²) in [5, 5.41) is 8.46. The Morgan fingerprint density at radius 1 is 1.19 bits per heavy atom. The summed E-state index contributed by atoms with van der Waals surface area (Å²) in [6, 6.07) is 13.9. The second kappa shape index (κ2) is 7.60. The third kappa shape index (κ3) is 3.94. The van der Waals surface area contributed by atoms with Gasteiger partial charge in [-0.05, 0) is 31.2 Å². The number of hydrazone groups is 1. The molecule has 0 spiro atoms. The van der Waals surface area contributed by atoms with Gasteiger partial charge >= 0.3 is 6.09 Å². The minimum absolute atomic E-state index is 0.316. The Morgan fingerprint density at radius 3 is 2.54 bits per heavy atom. The molecule has 3 rings (SSSR count). The molecule has 0 saturated heterocycles. The Morgan fingerprint density at radius 2 is 1.88 bits per heavy atom. The molecule has 0 bridgehead atoms. The summed E-state index contributed by atoms with van der Waals surface area (Å²) in [6.07, 6.45) is 2.58. The normalized spacial score (nSPS) is 10.9. The number of nitrogens with zero attached hydrogens (tertiary/aromatic N) is 3. The number of rotatable bonds is 4. The van der Waals surface area contributed by atoms with Gasteiger partial charge in [0.2, 0.25) is 0 Å². The molecule has 1 N–H and O–H groups in total. The molecule has 1 amide bonds. The van der Waals surface area contributed by atoms with Crippen LogP contribution in [0.3, 0.4) is 0 Å². The van der Waals surface area contributed by atoms with Crippen molar-refractivity contribution in [2.75, 3.05) is 7.11 Å². The van der Waals surface area contributed by atoms with E-state index in [0.29, 0.717) is 16.9 Å². The first-order valence-electron chi connectivity index (χ1n) is 7.86. The predicted octanol–water partition coefficient (Wildman–Crippen LogP) is 3.68. The molecular weight excluding hydrogens is 335 g/mol. The Labute approximate surface area is 149 Å². The molecule has 0 atom stereocenters. The van der Waals surface area contributed by atoms with Crippen LogP contribution in [-0.2, 0) is 4.74 Å². The molecule has 1 aromatic heterocycles. The second-order valence-corrected chi connectivity index (χ2v) is 5.58. The monoisotopic (exact) mass is 352 g/mol. The van der Waals surface area contributed by atoms with Gasteiger partial charge in [0, 0.05) is 17.3 Å². The molecule has 26 heavy (non-hydrogen) atoms. The molecule has 0 unspecified atom stereocenters. The Bertz CT molecular complexity index is 931. The highest BCUT2D eigenvalue weighted by molar-refractivity contribution is 5.89. The standard InChI is InChI=1S/C19H17FN4O2/c1-13-3-5-14(6-4-13)18-15(11-21-22-19(25)26-2)12-24(23-18)17-9-7-16(20)8-10-17/h3-12H,1-2H3,(H,22,25)/b21-11-. The number of methoxy groups -OCH3 is 1. The van der Waals surface area contributed by atoms with E-state index in [-0.39, 0.29) is 5.82 Å². The van der Waals surface area contributed by atoms with Crippen LogP contribution in [0.25, 0.3) is 16.9 Å². The van der Waals surface area contributed by atoms with Crippen molar-refractivity contribution >= 4 is 12.3 Å². The molecule has 2 aromatic carbocycles. The van der Waals surface area contributed by atoms with Crippen LogP contribution in [0.5, 0.6) is 0 Å². The van der Waals surface area contributed by atoms with E-state index < -0.39 is 6.09 Å². The molecule has 6 nitrogen and oxygen atoms in total. The summed E-state index contributed by atoms with van der Waals surface area (Å²) in [5.74, 6) is -0.316. The van der Waals surface area contributed by atoms with Crippen LogP contribution in [0.4, 0.5) is 9.18 Å². The van der Waals surface area contributed by atoms with Crippen molar-refractivity contribution in [1.82, 2.24) is 15.2 Å². The largest absolute Gasteiger partial charge is 0.452 e. The molecule has 132 valence electrons. The van der Waals surface area contributed by atoms with Gasteiger partial charge in [0.25, 0.3) is 0 Å². The Kier molecular flexibility index (Phi) is 5.07. The minimum Gasteiger partial charge on any atom is -0.452 e. The number of amides is 1. The first-order chi connectivity index (χ1) is 12.6. The van der Waals surface area contributed by atoms with Crippen LogP contribution >= 0.6 is 0 Å². The number of carbonyl (C=O) groups is 1. The second-order valence-electron chi connectivity index (χ2n) is 5.58. The first-order valence-corrected chi connectivity index (χ1v) is 7.86. The summed E-state index contributed by atoms with van der Waals surface area (Å²) >= 11 is 0. The van der Waals surface area contributed by atoms with Crippen LogP contribution in [0.1, 0.15) is 11.1 Å². The van der Waals surface area contributed by atoms with Gasteiger partial charge in [-0.3, -0.25) is 0 Å². The highest BCUT2D eigenvalue weighted by Crippen LogP contribution is 2.23. The number of aryl methyl sites for hydroxylation is 1. The van der Waals surface area contributed by atoms with Crippen LogP contribution in [0.15, 0.2) is 59.8 Å². The number of aromatic nitrogens is 2. The predicted molar refractivity (Wildman–Crippen MR) is 96.8 cm³/mol.